The third-order valence-corrected chi connectivity index (χ3v) is 5.17. The molecule has 0 aromatic rings. The van der Waals surface area contributed by atoms with Crippen LogP contribution in [0.5, 0.6) is 0 Å². The molecule has 0 rings (SSSR count). The van der Waals surface area contributed by atoms with E-state index in [9.17, 15) is 8.42 Å². The fraction of sp³-hybridized carbons (Fsp3) is 1.00. The molecular formula is C9H21NO2S. The summed E-state index contributed by atoms with van der Waals surface area (Å²) in [5.41, 5.74) is 5.57. The standard InChI is InChI=1S/C9H21NO2S/c1-5-8(3)13(11,12)9(4)6-7(2)10/h7-9H,5-6,10H2,1-4H3. The van der Waals surface area contributed by atoms with E-state index >= 15 is 0 Å². The van der Waals surface area contributed by atoms with Crippen molar-refractivity contribution in [2.75, 3.05) is 0 Å². The molecule has 2 N–H and O–H groups in total. The highest BCUT2D eigenvalue weighted by Gasteiger charge is 2.26. The van der Waals surface area contributed by atoms with Gasteiger partial charge in [-0.25, -0.2) is 8.42 Å². The lowest BCUT2D eigenvalue weighted by atomic mass is 10.2. The minimum Gasteiger partial charge on any atom is -0.328 e. The summed E-state index contributed by atoms with van der Waals surface area (Å²) in [6, 6.07) is -0.0474. The molecule has 0 spiro atoms. The van der Waals surface area contributed by atoms with E-state index in [-0.39, 0.29) is 16.5 Å². The zero-order chi connectivity index (χ0) is 10.6. The Morgan fingerprint density at radius 3 is 1.92 bits per heavy atom. The smallest absolute Gasteiger partial charge is 0.155 e. The van der Waals surface area contributed by atoms with Gasteiger partial charge in [-0.1, -0.05) is 6.92 Å². The van der Waals surface area contributed by atoms with Gasteiger partial charge in [-0.2, -0.15) is 0 Å². The summed E-state index contributed by atoms with van der Waals surface area (Å²) >= 11 is 0. The summed E-state index contributed by atoms with van der Waals surface area (Å²) in [6.45, 7) is 7.22. The minimum atomic E-state index is -2.96. The molecule has 0 saturated heterocycles. The lowest BCUT2D eigenvalue weighted by Gasteiger charge is -2.18. The molecule has 0 heterocycles. The van der Waals surface area contributed by atoms with Crippen molar-refractivity contribution in [2.45, 2.75) is 57.1 Å². The summed E-state index contributed by atoms with van der Waals surface area (Å²) in [6.07, 6.45) is 1.22. The van der Waals surface area contributed by atoms with Crippen molar-refractivity contribution in [2.24, 2.45) is 5.73 Å². The molecule has 3 atom stereocenters. The molecule has 0 saturated carbocycles. The van der Waals surface area contributed by atoms with E-state index < -0.39 is 9.84 Å². The highest BCUT2D eigenvalue weighted by Crippen LogP contribution is 2.15. The average molecular weight is 207 g/mol. The lowest BCUT2D eigenvalue weighted by Crippen LogP contribution is -2.32. The van der Waals surface area contributed by atoms with Crippen LogP contribution >= 0.6 is 0 Å². The summed E-state index contributed by atoms with van der Waals surface area (Å²) in [7, 11) is -2.96. The van der Waals surface area contributed by atoms with Crippen molar-refractivity contribution in [3.8, 4) is 0 Å². The van der Waals surface area contributed by atoms with Gasteiger partial charge < -0.3 is 5.73 Å². The topological polar surface area (TPSA) is 60.2 Å². The maximum Gasteiger partial charge on any atom is 0.155 e. The number of sulfone groups is 1. The van der Waals surface area contributed by atoms with Crippen molar-refractivity contribution >= 4 is 9.84 Å². The number of rotatable bonds is 5. The van der Waals surface area contributed by atoms with Crippen LogP contribution in [0.1, 0.15) is 40.5 Å². The van der Waals surface area contributed by atoms with Crippen LogP contribution in [0.4, 0.5) is 0 Å². The first-order chi connectivity index (χ1) is 5.82. The molecule has 0 aromatic heterocycles. The first-order valence-electron chi connectivity index (χ1n) is 4.80. The Balaban J connectivity index is 4.46. The van der Waals surface area contributed by atoms with E-state index in [1.807, 2.05) is 13.8 Å². The molecule has 80 valence electrons. The lowest BCUT2D eigenvalue weighted by molar-refractivity contribution is 0.550. The Kier molecular flexibility index (Phi) is 4.92. The molecule has 0 bridgehead atoms. The van der Waals surface area contributed by atoms with Crippen molar-refractivity contribution in [3.63, 3.8) is 0 Å². The van der Waals surface area contributed by atoms with Gasteiger partial charge >= 0.3 is 0 Å². The summed E-state index contributed by atoms with van der Waals surface area (Å²) in [5, 5.41) is -0.566. The maximum atomic E-state index is 11.7. The van der Waals surface area contributed by atoms with Gasteiger partial charge in [0.25, 0.3) is 0 Å². The highest BCUT2D eigenvalue weighted by atomic mass is 32.2. The van der Waals surface area contributed by atoms with E-state index in [0.29, 0.717) is 12.8 Å². The normalized spacial score (nSPS) is 19.5. The quantitative estimate of drug-likeness (QED) is 0.739. The Morgan fingerprint density at radius 2 is 1.62 bits per heavy atom. The van der Waals surface area contributed by atoms with Gasteiger partial charge in [-0.3, -0.25) is 0 Å². The van der Waals surface area contributed by atoms with Crippen LogP contribution in [0.25, 0.3) is 0 Å². The third kappa shape index (κ3) is 3.65. The predicted molar refractivity (Wildman–Crippen MR) is 56.4 cm³/mol. The fourth-order valence-corrected chi connectivity index (χ4v) is 3.12. The van der Waals surface area contributed by atoms with E-state index in [2.05, 4.69) is 0 Å². The van der Waals surface area contributed by atoms with Gasteiger partial charge in [0, 0.05) is 6.04 Å². The second kappa shape index (κ2) is 4.96. The van der Waals surface area contributed by atoms with Gasteiger partial charge in [0.2, 0.25) is 0 Å². The average Bonchev–Trinajstić information content (AvgIpc) is 2.01. The third-order valence-electron chi connectivity index (χ3n) is 2.40. The molecule has 13 heavy (non-hydrogen) atoms. The summed E-state index contributed by atoms with van der Waals surface area (Å²) in [5.74, 6) is 0. The van der Waals surface area contributed by atoms with Crippen LogP contribution in [-0.2, 0) is 9.84 Å². The zero-order valence-corrected chi connectivity index (χ0v) is 9.76. The highest BCUT2D eigenvalue weighted by molar-refractivity contribution is 7.92. The summed E-state index contributed by atoms with van der Waals surface area (Å²) < 4.78 is 23.5. The van der Waals surface area contributed by atoms with E-state index in [4.69, 9.17) is 5.73 Å². The number of nitrogens with two attached hydrogens (primary N) is 1. The van der Waals surface area contributed by atoms with E-state index in [1.54, 1.807) is 13.8 Å². The van der Waals surface area contributed by atoms with Crippen molar-refractivity contribution in [1.29, 1.82) is 0 Å². The Labute approximate surface area is 81.6 Å². The van der Waals surface area contributed by atoms with Gasteiger partial charge in [-0.05, 0) is 33.6 Å². The predicted octanol–water partition coefficient (Wildman–Crippen LogP) is 1.33. The molecule has 4 heteroatoms. The molecule has 0 aromatic carbocycles. The van der Waals surface area contributed by atoms with Crippen LogP contribution in [0, 0.1) is 0 Å². The fourth-order valence-electron chi connectivity index (χ4n) is 1.29. The van der Waals surface area contributed by atoms with Gasteiger partial charge in [-0.15, -0.1) is 0 Å². The molecule has 0 aliphatic rings. The van der Waals surface area contributed by atoms with Crippen LogP contribution in [0.15, 0.2) is 0 Å². The molecular weight excluding hydrogens is 186 g/mol. The molecule has 3 nitrogen and oxygen atoms in total. The van der Waals surface area contributed by atoms with Crippen LogP contribution in [0.3, 0.4) is 0 Å². The second-order valence-corrected chi connectivity index (χ2v) is 6.62. The Morgan fingerprint density at radius 1 is 1.15 bits per heavy atom. The van der Waals surface area contributed by atoms with Crippen molar-refractivity contribution in [3.05, 3.63) is 0 Å². The van der Waals surface area contributed by atoms with Gasteiger partial charge in [0.05, 0.1) is 10.5 Å². The first kappa shape index (κ1) is 12.9. The van der Waals surface area contributed by atoms with Crippen molar-refractivity contribution in [1.82, 2.24) is 0 Å². The number of hydrogen-bond donors (Lipinski definition) is 1. The van der Waals surface area contributed by atoms with Crippen LogP contribution < -0.4 is 5.73 Å². The molecule has 0 amide bonds. The largest absolute Gasteiger partial charge is 0.328 e. The maximum absolute atomic E-state index is 11.7. The molecule has 0 radical (unpaired) electrons. The van der Waals surface area contributed by atoms with E-state index in [0.717, 1.165) is 0 Å². The van der Waals surface area contributed by atoms with Gasteiger partial charge in [0.15, 0.2) is 9.84 Å². The zero-order valence-electron chi connectivity index (χ0n) is 8.95. The Bertz CT molecular complexity index is 234. The molecule has 0 aliphatic heterocycles. The monoisotopic (exact) mass is 207 g/mol. The SMILES string of the molecule is CCC(C)S(=O)(=O)C(C)CC(C)N. The molecule has 0 fully saturated rings. The Hall–Kier alpha value is -0.0900. The van der Waals surface area contributed by atoms with E-state index in [1.165, 1.54) is 0 Å². The second-order valence-electron chi connectivity index (χ2n) is 3.83. The van der Waals surface area contributed by atoms with Crippen LogP contribution in [-0.4, -0.2) is 25.0 Å². The first-order valence-corrected chi connectivity index (χ1v) is 6.41. The minimum absolute atomic E-state index is 0.0474. The number of hydrogen-bond acceptors (Lipinski definition) is 3. The van der Waals surface area contributed by atoms with Crippen LogP contribution in [0.2, 0.25) is 0 Å². The molecule has 0 aliphatic carbocycles. The molecule has 3 unspecified atom stereocenters. The summed E-state index contributed by atoms with van der Waals surface area (Å²) in [4.78, 5) is 0. The van der Waals surface area contributed by atoms with Crippen molar-refractivity contribution < 1.29 is 8.42 Å². The van der Waals surface area contributed by atoms with Gasteiger partial charge in [0.1, 0.15) is 0 Å².